The first kappa shape index (κ1) is 14.7. The number of rotatable bonds is 4. The summed E-state index contributed by atoms with van der Waals surface area (Å²) in [6.45, 7) is 0. The molecule has 0 fully saturated rings. The summed E-state index contributed by atoms with van der Waals surface area (Å²) in [5, 5.41) is 0. The first-order valence-corrected chi connectivity index (χ1v) is 7.21. The highest BCUT2D eigenvalue weighted by molar-refractivity contribution is 6.09. The molecular formula is C20H14O3. The van der Waals surface area contributed by atoms with Crippen molar-refractivity contribution in [1.82, 2.24) is 0 Å². The highest BCUT2D eigenvalue weighted by atomic mass is 16.5. The van der Waals surface area contributed by atoms with Gasteiger partial charge in [-0.1, -0.05) is 60.7 Å². The lowest BCUT2D eigenvalue weighted by Gasteiger charge is -2.06. The van der Waals surface area contributed by atoms with Gasteiger partial charge in [-0.05, 0) is 24.3 Å². The Kier molecular flexibility index (Phi) is 4.29. The second-order valence-corrected chi connectivity index (χ2v) is 4.98. The van der Waals surface area contributed by atoms with Gasteiger partial charge in [-0.25, -0.2) is 4.79 Å². The molecular weight excluding hydrogens is 288 g/mol. The molecule has 3 aromatic carbocycles. The number of esters is 1. The molecule has 0 saturated carbocycles. The predicted molar refractivity (Wildman–Crippen MR) is 87.7 cm³/mol. The van der Waals surface area contributed by atoms with Crippen LogP contribution in [0.3, 0.4) is 0 Å². The molecule has 0 aliphatic rings. The maximum atomic E-state index is 12.4. The van der Waals surface area contributed by atoms with Crippen molar-refractivity contribution in [2.45, 2.75) is 0 Å². The summed E-state index contributed by atoms with van der Waals surface area (Å²) in [5.74, 6) is -0.209. The zero-order valence-electron chi connectivity index (χ0n) is 12.3. The Hall–Kier alpha value is -3.20. The van der Waals surface area contributed by atoms with Crippen molar-refractivity contribution < 1.29 is 14.3 Å². The third-order valence-electron chi connectivity index (χ3n) is 3.35. The average molecular weight is 302 g/mol. The van der Waals surface area contributed by atoms with E-state index in [1.807, 2.05) is 24.3 Å². The van der Waals surface area contributed by atoms with Crippen LogP contribution in [0.5, 0.6) is 5.75 Å². The van der Waals surface area contributed by atoms with Crippen LogP contribution in [-0.2, 0) is 0 Å². The highest BCUT2D eigenvalue weighted by Gasteiger charge is 2.12. The molecule has 0 aromatic heterocycles. The van der Waals surface area contributed by atoms with E-state index in [0.29, 0.717) is 22.4 Å². The van der Waals surface area contributed by atoms with E-state index in [2.05, 4.69) is 0 Å². The van der Waals surface area contributed by atoms with E-state index in [4.69, 9.17) is 4.74 Å². The number of hydrogen-bond acceptors (Lipinski definition) is 3. The van der Waals surface area contributed by atoms with Gasteiger partial charge in [-0.15, -0.1) is 0 Å². The van der Waals surface area contributed by atoms with E-state index in [0.717, 1.165) is 0 Å². The monoisotopic (exact) mass is 302 g/mol. The molecule has 0 heterocycles. The summed E-state index contributed by atoms with van der Waals surface area (Å²) in [6, 6.07) is 24.4. The normalized spacial score (nSPS) is 10.1. The van der Waals surface area contributed by atoms with Crippen LogP contribution in [-0.4, -0.2) is 11.8 Å². The van der Waals surface area contributed by atoms with Gasteiger partial charge < -0.3 is 4.74 Å². The number of hydrogen-bond donors (Lipinski definition) is 0. The van der Waals surface area contributed by atoms with Crippen molar-refractivity contribution in [3.8, 4) is 5.75 Å². The molecule has 112 valence electrons. The van der Waals surface area contributed by atoms with Crippen LogP contribution < -0.4 is 4.74 Å². The van der Waals surface area contributed by atoms with E-state index >= 15 is 0 Å². The van der Waals surface area contributed by atoms with Crippen LogP contribution >= 0.6 is 0 Å². The van der Waals surface area contributed by atoms with Gasteiger partial charge in [0.2, 0.25) is 0 Å². The second kappa shape index (κ2) is 6.71. The van der Waals surface area contributed by atoms with Gasteiger partial charge in [-0.2, -0.15) is 0 Å². The lowest BCUT2D eigenvalue weighted by Crippen LogP contribution is -2.09. The van der Waals surface area contributed by atoms with Crippen molar-refractivity contribution in [2.24, 2.45) is 0 Å². The van der Waals surface area contributed by atoms with Gasteiger partial charge in [0.1, 0.15) is 5.75 Å². The van der Waals surface area contributed by atoms with Gasteiger partial charge in [0, 0.05) is 11.1 Å². The minimum Gasteiger partial charge on any atom is -0.423 e. The Bertz CT molecular complexity index is 824. The molecule has 3 heteroatoms. The zero-order chi connectivity index (χ0) is 16.1. The number of carbonyl (C=O) groups excluding carboxylic acids is 2. The molecule has 3 nitrogen and oxygen atoms in total. The molecule has 0 spiro atoms. The molecule has 0 aliphatic heterocycles. The van der Waals surface area contributed by atoms with Gasteiger partial charge >= 0.3 is 5.97 Å². The van der Waals surface area contributed by atoms with E-state index in [-0.39, 0.29) is 5.78 Å². The van der Waals surface area contributed by atoms with E-state index < -0.39 is 5.97 Å². The Morgan fingerprint density at radius 2 is 1.17 bits per heavy atom. The van der Waals surface area contributed by atoms with Crippen molar-refractivity contribution in [3.05, 3.63) is 102 Å². The number of benzene rings is 3. The first-order valence-electron chi connectivity index (χ1n) is 7.21. The van der Waals surface area contributed by atoms with Crippen molar-refractivity contribution in [3.63, 3.8) is 0 Å². The summed E-state index contributed by atoms with van der Waals surface area (Å²) < 4.78 is 5.34. The lowest BCUT2D eigenvalue weighted by molar-refractivity contribution is 0.0734. The summed E-state index contributed by atoms with van der Waals surface area (Å²) in [7, 11) is 0. The Balaban J connectivity index is 1.80. The van der Waals surface area contributed by atoms with Crippen LogP contribution in [0.2, 0.25) is 0 Å². The third-order valence-corrected chi connectivity index (χ3v) is 3.35. The van der Waals surface area contributed by atoms with E-state index in [9.17, 15) is 9.59 Å². The molecule has 0 saturated heterocycles. The van der Waals surface area contributed by atoms with Crippen LogP contribution in [0.1, 0.15) is 26.3 Å². The van der Waals surface area contributed by atoms with Crippen LogP contribution in [0.15, 0.2) is 84.9 Å². The molecule has 3 aromatic rings. The minimum atomic E-state index is -0.449. The molecule has 3 rings (SSSR count). The van der Waals surface area contributed by atoms with Gasteiger partial charge in [0.15, 0.2) is 5.78 Å². The van der Waals surface area contributed by atoms with Gasteiger partial charge in [0.25, 0.3) is 0 Å². The van der Waals surface area contributed by atoms with Crippen molar-refractivity contribution in [2.75, 3.05) is 0 Å². The Morgan fingerprint density at radius 1 is 0.609 bits per heavy atom. The summed E-state index contributed by atoms with van der Waals surface area (Å²) in [4.78, 5) is 24.5. The molecule has 0 unspecified atom stereocenters. The number of carbonyl (C=O) groups is 2. The van der Waals surface area contributed by atoms with Crippen LogP contribution in [0.4, 0.5) is 0 Å². The SMILES string of the molecule is O=C(Oc1cccc(C(=O)c2ccccc2)c1)c1ccccc1. The molecule has 0 N–H and O–H groups in total. The van der Waals surface area contributed by atoms with Crippen LogP contribution in [0.25, 0.3) is 0 Å². The maximum Gasteiger partial charge on any atom is 0.343 e. The fraction of sp³-hybridized carbons (Fsp3) is 0. The van der Waals surface area contributed by atoms with Crippen molar-refractivity contribution >= 4 is 11.8 Å². The summed E-state index contributed by atoms with van der Waals surface area (Å²) in [6.07, 6.45) is 0. The molecule has 0 radical (unpaired) electrons. The largest absolute Gasteiger partial charge is 0.423 e. The zero-order valence-corrected chi connectivity index (χ0v) is 12.3. The number of ether oxygens (including phenoxy) is 1. The summed E-state index contributed by atoms with van der Waals surface area (Å²) in [5.41, 5.74) is 1.54. The molecule has 0 amide bonds. The summed E-state index contributed by atoms with van der Waals surface area (Å²) >= 11 is 0. The molecule has 0 aliphatic carbocycles. The standard InChI is InChI=1S/C20H14O3/c21-19(15-8-3-1-4-9-15)17-12-7-13-18(14-17)23-20(22)16-10-5-2-6-11-16/h1-14H. The minimum absolute atomic E-state index is 0.108. The van der Waals surface area contributed by atoms with Crippen LogP contribution in [0, 0.1) is 0 Å². The fourth-order valence-electron chi connectivity index (χ4n) is 2.20. The Labute approximate surface area is 134 Å². The first-order chi connectivity index (χ1) is 11.2. The van der Waals surface area contributed by atoms with Gasteiger partial charge in [0.05, 0.1) is 5.56 Å². The predicted octanol–water partition coefficient (Wildman–Crippen LogP) is 4.14. The topological polar surface area (TPSA) is 43.4 Å². The fourth-order valence-corrected chi connectivity index (χ4v) is 2.20. The number of ketones is 1. The quantitative estimate of drug-likeness (QED) is 0.413. The average Bonchev–Trinajstić information content (AvgIpc) is 2.63. The smallest absolute Gasteiger partial charge is 0.343 e. The van der Waals surface area contributed by atoms with Crippen molar-refractivity contribution in [1.29, 1.82) is 0 Å². The highest BCUT2D eigenvalue weighted by Crippen LogP contribution is 2.18. The Morgan fingerprint density at radius 3 is 1.83 bits per heavy atom. The lowest BCUT2D eigenvalue weighted by atomic mass is 10.0. The van der Waals surface area contributed by atoms with E-state index in [1.165, 1.54) is 0 Å². The van der Waals surface area contributed by atoms with E-state index in [1.54, 1.807) is 60.7 Å². The second-order valence-electron chi connectivity index (χ2n) is 4.98. The van der Waals surface area contributed by atoms with Gasteiger partial charge in [-0.3, -0.25) is 4.79 Å². The maximum absolute atomic E-state index is 12.4. The molecule has 23 heavy (non-hydrogen) atoms. The molecule has 0 bridgehead atoms. The third kappa shape index (κ3) is 3.52. The molecule has 0 atom stereocenters.